The second kappa shape index (κ2) is 9.77. The van der Waals surface area contributed by atoms with Crippen LogP contribution in [0.15, 0.2) is 24.3 Å². The maximum atomic E-state index is 12.4. The molecule has 1 aliphatic heterocycles. The number of hydrogen-bond donors (Lipinski definition) is 2. The topological polar surface area (TPSA) is 67.6 Å². The fraction of sp³-hybridized carbons (Fsp3) is 0.632. The first kappa shape index (κ1) is 18.9. The Kier molecular flexibility index (Phi) is 7.69. The molecule has 5 nitrogen and oxygen atoms in total. The summed E-state index contributed by atoms with van der Waals surface area (Å²) in [6.07, 6.45) is 1.74. The van der Waals surface area contributed by atoms with Gasteiger partial charge in [0.1, 0.15) is 0 Å². The van der Waals surface area contributed by atoms with Crippen LogP contribution in [0.2, 0.25) is 0 Å². The van der Waals surface area contributed by atoms with Gasteiger partial charge in [0.25, 0.3) is 0 Å². The fourth-order valence-corrected chi connectivity index (χ4v) is 3.16. The average Bonchev–Trinajstić information content (AvgIpc) is 2.65. The monoisotopic (exact) mass is 333 g/mol. The summed E-state index contributed by atoms with van der Waals surface area (Å²) >= 11 is 0. The molecule has 1 aromatic carbocycles. The second-order valence-electron chi connectivity index (χ2n) is 6.42. The van der Waals surface area contributed by atoms with Crippen LogP contribution >= 0.6 is 0 Å². The number of hydrogen-bond acceptors (Lipinski definition) is 4. The van der Waals surface area contributed by atoms with Crippen molar-refractivity contribution in [2.75, 3.05) is 26.3 Å². The highest BCUT2D eigenvalue weighted by molar-refractivity contribution is 5.81. The van der Waals surface area contributed by atoms with Crippen LogP contribution in [0.4, 0.5) is 0 Å². The molecule has 0 saturated carbocycles. The predicted molar refractivity (Wildman–Crippen MR) is 96.4 cm³/mol. The number of carbonyl (C=O) groups is 1. The molecule has 24 heavy (non-hydrogen) atoms. The molecule has 0 radical (unpaired) electrons. The van der Waals surface area contributed by atoms with E-state index in [-0.39, 0.29) is 11.8 Å². The van der Waals surface area contributed by atoms with Crippen molar-refractivity contribution in [1.29, 1.82) is 0 Å². The summed E-state index contributed by atoms with van der Waals surface area (Å²) < 4.78 is 5.34. The van der Waals surface area contributed by atoms with Crippen LogP contribution in [0.5, 0.6) is 0 Å². The number of nitrogens with two attached hydrogens (primary N) is 1. The molecule has 1 atom stereocenters. The SMILES string of the molecule is CCN(CC)Cc1ccccc1CNC(=O)C(N)C1CCOCC1. The maximum absolute atomic E-state index is 12.4. The molecule has 0 spiro atoms. The van der Waals surface area contributed by atoms with Gasteiger partial charge in [-0.3, -0.25) is 9.69 Å². The normalized spacial score (nSPS) is 17.0. The van der Waals surface area contributed by atoms with Crippen LogP contribution in [-0.4, -0.2) is 43.2 Å². The van der Waals surface area contributed by atoms with Crippen LogP contribution in [-0.2, 0) is 22.6 Å². The minimum absolute atomic E-state index is 0.0560. The average molecular weight is 333 g/mol. The van der Waals surface area contributed by atoms with Crippen molar-refractivity contribution in [1.82, 2.24) is 10.2 Å². The molecule has 1 aromatic rings. The number of rotatable bonds is 8. The highest BCUT2D eigenvalue weighted by atomic mass is 16.5. The van der Waals surface area contributed by atoms with E-state index in [1.54, 1.807) is 0 Å². The molecular weight excluding hydrogens is 302 g/mol. The Morgan fingerprint density at radius 3 is 2.50 bits per heavy atom. The minimum atomic E-state index is -0.441. The predicted octanol–water partition coefficient (Wildman–Crippen LogP) is 1.90. The van der Waals surface area contributed by atoms with Crippen molar-refractivity contribution in [3.05, 3.63) is 35.4 Å². The molecule has 0 aliphatic carbocycles. The molecule has 1 heterocycles. The zero-order valence-corrected chi connectivity index (χ0v) is 15.0. The fourth-order valence-electron chi connectivity index (χ4n) is 3.16. The van der Waals surface area contributed by atoms with Crippen molar-refractivity contribution >= 4 is 5.91 Å². The molecule has 1 amide bonds. The lowest BCUT2D eigenvalue weighted by Gasteiger charge is -2.27. The van der Waals surface area contributed by atoms with Crippen LogP contribution < -0.4 is 11.1 Å². The second-order valence-corrected chi connectivity index (χ2v) is 6.42. The summed E-state index contributed by atoms with van der Waals surface area (Å²) in [5, 5.41) is 3.02. The summed E-state index contributed by atoms with van der Waals surface area (Å²) in [6.45, 7) is 9.23. The Labute approximate surface area is 145 Å². The largest absolute Gasteiger partial charge is 0.381 e. The van der Waals surface area contributed by atoms with E-state index in [0.717, 1.165) is 38.0 Å². The lowest BCUT2D eigenvalue weighted by atomic mass is 9.92. The third kappa shape index (κ3) is 5.30. The van der Waals surface area contributed by atoms with E-state index >= 15 is 0 Å². The number of benzene rings is 1. The van der Waals surface area contributed by atoms with E-state index < -0.39 is 6.04 Å². The van der Waals surface area contributed by atoms with Gasteiger partial charge in [-0.05, 0) is 43.0 Å². The van der Waals surface area contributed by atoms with E-state index in [0.29, 0.717) is 19.8 Å². The number of nitrogens with zero attached hydrogens (tertiary/aromatic N) is 1. The first-order valence-corrected chi connectivity index (χ1v) is 9.05. The smallest absolute Gasteiger partial charge is 0.237 e. The first-order chi connectivity index (χ1) is 11.7. The lowest BCUT2D eigenvalue weighted by molar-refractivity contribution is -0.124. The number of amides is 1. The molecular formula is C19H31N3O2. The number of ether oxygens (including phenoxy) is 1. The molecule has 1 fully saturated rings. The Morgan fingerprint density at radius 2 is 1.88 bits per heavy atom. The molecule has 2 rings (SSSR count). The van der Waals surface area contributed by atoms with E-state index in [9.17, 15) is 4.79 Å². The van der Waals surface area contributed by atoms with Crippen LogP contribution in [0, 0.1) is 5.92 Å². The highest BCUT2D eigenvalue weighted by Gasteiger charge is 2.26. The molecule has 1 saturated heterocycles. The zero-order valence-electron chi connectivity index (χ0n) is 15.0. The van der Waals surface area contributed by atoms with Gasteiger partial charge in [0.15, 0.2) is 0 Å². The van der Waals surface area contributed by atoms with Crippen molar-refractivity contribution in [3.63, 3.8) is 0 Å². The van der Waals surface area contributed by atoms with Gasteiger partial charge in [0.2, 0.25) is 5.91 Å². The van der Waals surface area contributed by atoms with Crippen LogP contribution in [0.3, 0.4) is 0 Å². The van der Waals surface area contributed by atoms with Gasteiger partial charge < -0.3 is 15.8 Å². The van der Waals surface area contributed by atoms with Gasteiger partial charge in [0, 0.05) is 26.3 Å². The maximum Gasteiger partial charge on any atom is 0.237 e. The number of nitrogens with one attached hydrogen (secondary N) is 1. The van der Waals surface area contributed by atoms with Crippen LogP contribution in [0.1, 0.15) is 37.8 Å². The van der Waals surface area contributed by atoms with Gasteiger partial charge >= 0.3 is 0 Å². The van der Waals surface area contributed by atoms with Gasteiger partial charge in [-0.15, -0.1) is 0 Å². The van der Waals surface area contributed by atoms with E-state index in [2.05, 4.69) is 42.3 Å². The molecule has 0 bridgehead atoms. The molecule has 3 N–H and O–H groups in total. The van der Waals surface area contributed by atoms with Crippen molar-refractivity contribution in [2.45, 2.75) is 45.8 Å². The Hall–Kier alpha value is -1.43. The Balaban J connectivity index is 1.92. The third-order valence-corrected chi connectivity index (χ3v) is 4.94. The first-order valence-electron chi connectivity index (χ1n) is 9.05. The van der Waals surface area contributed by atoms with Gasteiger partial charge in [-0.25, -0.2) is 0 Å². The summed E-state index contributed by atoms with van der Waals surface area (Å²) in [7, 11) is 0. The van der Waals surface area contributed by atoms with Crippen molar-refractivity contribution < 1.29 is 9.53 Å². The Morgan fingerprint density at radius 1 is 1.25 bits per heavy atom. The van der Waals surface area contributed by atoms with E-state index in [4.69, 9.17) is 10.5 Å². The van der Waals surface area contributed by atoms with Crippen molar-refractivity contribution in [2.24, 2.45) is 11.7 Å². The lowest BCUT2D eigenvalue weighted by Crippen LogP contribution is -2.46. The molecule has 5 heteroatoms. The highest BCUT2D eigenvalue weighted by Crippen LogP contribution is 2.18. The summed E-state index contributed by atoms with van der Waals surface area (Å²) in [5.41, 5.74) is 8.57. The minimum Gasteiger partial charge on any atom is -0.381 e. The summed E-state index contributed by atoms with van der Waals surface area (Å²) in [6, 6.07) is 7.85. The number of carbonyl (C=O) groups excluding carboxylic acids is 1. The van der Waals surface area contributed by atoms with Crippen LogP contribution in [0.25, 0.3) is 0 Å². The quantitative estimate of drug-likeness (QED) is 0.762. The molecule has 0 aromatic heterocycles. The third-order valence-electron chi connectivity index (χ3n) is 4.94. The molecule has 1 unspecified atom stereocenters. The summed E-state index contributed by atoms with van der Waals surface area (Å²) in [5.74, 6) is 0.171. The Bertz CT molecular complexity index is 511. The van der Waals surface area contributed by atoms with Crippen molar-refractivity contribution in [3.8, 4) is 0 Å². The van der Waals surface area contributed by atoms with E-state index in [1.807, 2.05) is 6.07 Å². The summed E-state index contributed by atoms with van der Waals surface area (Å²) in [4.78, 5) is 14.7. The molecule has 1 aliphatic rings. The molecule has 134 valence electrons. The van der Waals surface area contributed by atoms with Gasteiger partial charge in [0.05, 0.1) is 6.04 Å². The van der Waals surface area contributed by atoms with E-state index in [1.165, 1.54) is 5.56 Å². The van der Waals surface area contributed by atoms with Gasteiger partial charge in [-0.2, -0.15) is 0 Å². The zero-order chi connectivity index (χ0) is 17.4. The standard InChI is InChI=1S/C19H31N3O2/c1-3-22(4-2)14-17-8-6-5-7-16(17)13-21-19(23)18(20)15-9-11-24-12-10-15/h5-8,15,18H,3-4,9-14,20H2,1-2H3,(H,21,23). The van der Waals surface area contributed by atoms with Gasteiger partial charge in [-0.1, -0.05) is 38.1 Å².